The van der Waals surface area contributed by atoms with Crippen LogP contribution < -0.4 is 16.4 Å². The van der Waals surface area contributed by atoms with Crippen molar-refractivity contribution in [2.45, 2.75) is 156 Å². The lowest BCUT2D eigenvalue weighted by Crippen LogP contribution is -2.54. The summed E-state index contributed by atoms with van der Waals surface area (Å²) in [5.41, 5.74) is 6.37. The van der Waals surface area contributed by atoms with Gasteiger partial charge < -0.3 is 39.4 Å². The number of carbonyl (C=O) groups is 8. The second-order valence-electron chi connectivity index (χ2n) is 19.9. The molecule has 1 aliphatic rings. The molecule has 1 saturated heterocycles. The van der Waals surface area contributed by atoms with Crippen molar-refractivity contribution < 1.29 is 57.3 Å². The number of nitrogens with one attached hydrogen (secondary N) is 2. The summed E-state index contributed by atoms with van der Waals surface area (Å²) in [6, 6.07) is 7.17. The Balaban J connectivity index is 2.20. The van der Waals surface area contributed by atoms with E-state index in [1.807, 2.05) is 90.9 Å². The minimum atomic E-state index is -1.15. The second-order valence-corrected chi connectivity index (χ2v) is 19.9. The quantitative estimate of drug-likeness (QED) is 0.0392. The predicted octanol–water partition coefficient (Wildman–Crippen LogP) is 3.94. The number of nitrogens with two attached hydrogens (primary N) is 1. The van der Waals surface area contributed by atoms with Gasteiger partial charge in [-0.3, -0.25) is 44.2 Å². The van der Waals surface area contributed by atoms with Crippen molar-refractivity contribution in [1.82, 2.24) is 25.3 Å². The molecule has 1 aromatic carbocycles. The number of Topliss-reactive ketones (excluding diaryl/α,β-unsaturated/α-hetero) is 2. The number of carbonyl (C=O) groups excluding carboxylic acids is 8. The fourth-order valence-electron chi connectivity index (χ4n) is 9.78. The van der Waals surface area contributed by atoms with Crippen LogP contribution in [0.25, 0.3) is 0 Å². The summed E-state index contributed by atoms with van der Waals surface area (Å²) >= 11 is 0. The highest BCUT2D eigenvalue weighted by Gasteiger charge is 2.43. The van der Waals surface area contributed by atoms with Crippen molar-refractivity contribution in [2.75, 3.05) is 55.1 Å². The lowest BCUT2D eigenvalue weighted by molar-refractivity contribution is -0.149. The summed E-state index contributed by atoms with van der Waals surface area (Å²) in [6.07, 6.45) is -0.219. The topological polar surface area (TPSA) is 233 Å². The number of ether oxygens (including phenoxy) is 4. The van der Waals surface area contributed by atoms with Gasteiger partial charge in [0.05, 0.1) is 49.8 Å². The van der Waals surface area contributed by atoms with Crippen LogP contribution >= 0.6 is 0 Å². The molecular formula is C52H86N6O12. The molecule has 18 heteroatoms. The first-order chi connectivity index (χ1) is 33.0. The maximum absolute atomic E-state index is 14.5. The first-order valence-electron chi connectivity index (χ1n) is 25.0. The zero-order chi connectivity index (χ0) is 52.8. The Morgan fingerprint density at radius 3 is 2.09 bits per heavy atom. The maximum Gasteiger partial charge on any atom is 0.328 e. The first-order valence-corrected chi connectivity index (χ1v) is 25.0. The summed E-state index contributed by atoms with van der Waals surface area (Å²) in [7, 11) is 8.59. The zero-order valence-electron chi connectivity index (χ0n) is 44.3. The van der Waals surface area contributed by atoms with Gasteiger partial charge in [-0.05, 0) is 70.0 Å². The molecule has 70 heavy (non-hydrogen) atoms. The number of hydrogen-bond donors (Lipinski definition) is 3. The van der Waals surface area contributed by atoms with E-state index in [1.54, 1.807) is 30.9 Å². The van der Waals surface area contributed by atoms with Crippen LogP contribution in [-0.4, -0.2) is 160 Å². The highest BCUT2D eigenvalue weighted by atomic mass is 16.5. The fraction of sp³-hybridized carbons (Fsp3) is 0.731. The Morgan fingerprint density at radius 1 is 0.871 bits per heavy atom. The van der Waals surface area contributed by atoms with E-state index in [0.717, 1.165) is 12.0 Å². The predicted molar refractivity (Wildman–Crippen MR) is 266 cm³/mol. The summed E-state index contributed by atoms with van der Waals surface area (Å²) < 4.78 is 21.9. The Morgan fingerprint density at radius 2 is 1.53 bits per heavy atom. The van der Waals surface area contributed by atoms with E-state index >= 15 is 0 Å². The van der Waals surface area contributed by atoms with Gasteiger partial charge in [0.2, 0.25) is 23.6 Å². The lowest BCUT2D eigenvalue weighted by atomic mass is 9.83. The zero-order valence-corrected chi connectivity index (χ0v) is 44.3. The molecule has 1 aromatic rings. The van der Waals surface area contributed by atoms with E-state index in [9.17, 15) is 38.4 Å². The van der Waals surface area contributed by atoms with Gasteiger partial charge in [-0.1, -0.05) is 85.2 Å². The molecule has 4 N–H and O–H groups in total. The van der Waals surface area contributed by atoms with Crippen molar-refractivity contribution in [2.24, 2.45) is 41.2 Å². The van der Waals surface area contributed by atoms with Crippen molar-refractivity contribution in [1.29, 1.82) is 0 Å². The Labute approximate surface area is 417 Å². The van der Waals surface area contributed by atoms with Crippen molar-refractivity contribution in [3.05, 3.63) is 35.9 Å². The van der Waals surface area contributed by atoms with Crippen molar-refractivity contribution >= 4 is 47.6 Å². The molecular weight excluding hydrogens is 901 g/mol. The minimum absolute atomic E-state index is 0.0116. The van der Waals surface area contributed by atoms with Crippen LogP contribution in [0.5, 0.6) is 0 Å². The van der Waals surface area contributed by atoms with Gasteiger partial charge in [0, 0.05) is 65.0 Å². The molecule has 11 atom stereocenters. The van der Waals surface area contributed by atoms with Crippen LogP contribution in [0.4, 0.5) is 0 Å². The number of likely N-dealkylation sites (N-methyl/N-ethyl adjacent to an activating group) is 2. The van der Waals surface area contributed by atoms with Crippen LogP contribution in [0.2, 0.25) is 0 Å². The summed E-state index contributed by atoms with van der Waals surface area (Å²) in [5, 5.41) is 5.31. The maximum atomic E-state index is 14.5. The number of ketones is 2. The van der Waals surface area contributed by atoms with Gasteiger partial charge in [-0.2, -0.15) is 0 Å². The van der Waals surface area contributed by atoms with Crippen LogP contribution in [0.1, 0.15) is 112 Å². The highest BCUT2D eigenvalue weighted by molar-refractivity contribution is 5.91. The van der Waals surface area contributed by atoms with Gasteiger partial charge in [0.25, 0.3) is 6.47 Å². The molecule has 4 amide bonds. The van der Waals surface area contributed by atoms with Gasteiger partial charge in [0.1, 0.15) is 11.8 Å². The highest BCUT2D eigenvalue weighted by Crippen LogP contribution is 2.32. The Bertz CT molecular complexity index is 1820. The standard InChI is InChI=1S/C52H86N6O12/c1-14-34(6)48(57(11)51(65)39(32(2)3)28-42(61)47(33(4)5)56(9)10)43(67-12)29-46(63)58-24-18-22-40(58)49(68-13)35(7)41(60)27-38(26-37-20-16-15-17-21-37)50(64)54-23-19-25-69-52(66)36(8)55-45(62)30-44(53)70-31-59/h15-17,20-21,31-36,38-40,43-44,47-49H,14,18-19,22-30,53H2,1-13H3,(H,54,64)(H,55,62)/t34-,35-,36-,38+,39-,40-,43+,44?,47-,48-,49+/m0/s1. The lowest BCUT2D eigenvalue weighted by Gasteiger charge is -2.41. The third-order valence-electron chi connectivity index (χ3n) is 13.8. The number of esters is 1. The van der Waals surface area contributed by atoms with E-state index in [-0.39, 0.29) is 105 Å². The Kier molecular flexibility index (Phi) is 27.0. The van der Waals surface area contributed by atoms with E-state index in [4.69, 9.17) is 19.9 Å². The second kappa shape index (κ2) is 30.8. The van der Waals surface area contributed by atoms with Crippen LogP contribution in [0, 0.1) is 35.5 Å². The molecule has 0 aromatic heterocycles. The monoisotopic (exact) mass is 987 g/mol. The molecule has 2 rings (SSSR count). The van der Waals surface area contributed by atoms with Gasteiger partial charge in [-0.25, -0.2) is 4.79 Å². The average Bonchev–Trinajstić information content (AvgIpc) is 3.79. The molecule has 0 radical (unpaired) electrons. The Hall–Kier alpha value is -4.78. The number of likely N-dealkylation sites (tertiary alicyclic amines) is 1. The van der Waals surface area contributed by atoms with E-state index in [0.29, 0.717) is 25.8 Å². The molecule has 1 heterocycles. The smallest absolute Gasteiger partial charge is 0.328 e. The average molecular weight is 987 g/mol. The number of methoxy groups -OCH3 is 2. The number of amides is 4. The van der Waals surface area contributed by atoms with E-state index in [2.05, 4.69) is 15.4 Å². The number of hydrogen-bond acceptors (Lipinski definition) is 14. The van der Waals surface area contributed by atoms with E-state index in [1.165, 1.54) is 14.0 Å². The number of rotatable bonds is 33. The third kappa shape index (κ3) is 18.8. The molecule has 0 bridgehead atoms. The third-order valence-corrected chi connectivity index (χ3v) is 13.8. The molecule has 1 fully saturated rings. The van der Waals surface area contributed by atoms with Crippen LogP contribution in [-0.2, 0) is 63.7 Å². The van der Waals surface area contributed by atoms with Gasteiger partial charge in [0.15, 0.2) is 12.0 Å². The SMILES string of the molecule is CC[C@H](C)[C@@H]([C@@H](CC(=O)N1CCC[C@H]1[C@H](OC)[C@@H](C)C(=O)C[C@@H](Cc1ccccc1)C(=O)NCCCOC(=O)[C@H](C)NC(=O)CC(N)OC=O)OC)N(C)C(=O)[C@@H](CC(=O)[C@H](C(C)C)N(C)C)C(C)C. The molecule has 1 aliphatic heterocycles. The molecule has 0 aliphatic carbocycles. The summed E-state index contributed by atoms with van der Waals surface area (Å²) in [4.78, 5) is 111. The molecule has 1 unspecified atom stereocenters. The molecule has 0 saturated carbocycles. The largest absolute Gasteiger partial charge is 0.464 e. The fourth-order valence-corrected chi connectivity index (χ4v) is 9.78. The van der Waals surface area contributed by atoms with Crippen molar-refractivity contribution in [3.63, 3.8) is 0 Å². The molecule has 0 spiro atoms. The number of benzene rings is 1. The van der Waals surface area contributed by atoms with Crippen molar-refractivity contribution in [3.8, 4) is 0 Å². The first kappa shape index (κ1) is 61.3. The van der Waals surface area contributed by atoms with Crippen LogP contribution in [0.15, 0.2) is 30.3 Å². The van der Waals surface area contributed by atoms with E-state index < -0.39 is 66.2 Å². The summed E-state index contributed by atoms with van der Waals surface area (Å²) in [5.74, 6) is -4.20. The normalized spacial score (nSPS) is 18.1. The number of nitrogens with zero attached hydrogens (tertiary/aromatic N) is 3. The van der Waals surface area contributed by atoms with Gasteiger partial charge in [-0.15, -0.1) is 0 Å². The van der Waals surface area contributed by atoms with Crippen LogP contribution in [0.3, 0.4) is 0 Å². The minimum Gasteiger partial charge on any atom is -0.464 e. The van der Waals surface area contributed by atoms with Gasteiger partial charge >= 0.3 is 5.97 Å². The summed E-state index contributed by atoms with van der Waals surface area (Å²) in [6.45, 7) is 15.9. The molecule has 18 nitrogen and oxygen atoms in total. The molecule has 396 valence electrons.